The fourth-order valence-corrected chi connectivity index (χ4v) is 4.29. The summed E-state index contributed by atoms with van der Waals surface area (Å²) in [7, 11) is 0. The monoisotopic (exact) mass is 340 g/mol. The van der Waals surface area contributed by atoms with E-state index in [-0.39, 0.29) is 5.41 Å². The van der Waals surface area contributed by atoms with E-state index >= 15 is 0 Å². The molecular weight excluding hydrogens is 312 g/mol. The van der Waals surface area contributed by atoms with Crippen LogP contribution in [0.3, 0.4) is 0 Å². The molecule has 0 spiro atoms. The van der Waals surface area contributed by atoms with E-state index in [2.05, 4.69) is 77.1 Å². The van der Waals surface area contributed by atoms with Crippen molar-refractivity contribution in [2.45, 2.75) is 51.7 Å². The number of benzene rings is 2. The van der Waals surface area contributed by atoms with Crippen LogP contribution in [0.15, 0.2) is 42.5 Å². The Morgan fingerprint density at radius 2 is 1.83 bits per heavy atom. The Balaban J connectivity index is 2.15. The Labute approximate surface area is 150 Å². The fourth-order valence-electron chi connectivity index (χ4n) is 3.26. The van der Waals surface area contributed by atoms with Crippen LogP contribution in [0.1, 0.15) is 62.1 Å². The number of rotatable bonds is 3. The van der Waals surface area contributed by atoms with Crippen LogP contribution in [0, 0.1) is 5.92 Å². The zero-order valence-electron chi connectivity index (χ0n) is 15.4. The van der Waals surface area contributed by atoms with Crippen LogP contribution >= 0.6 is 11.8 Å². The molecule has 0 saturated carbocycles. The topological polar surface area (TPSA) is 9.23 Å². The number of fused-ring (bicyclic) bond motifs is 1. The lowest BCUT2D eigenvalue weighted by atomic mass is 9.82. The van der Waals surface area contributed by atoms with Gasteiger partial charge in [-0.05, 0) is 34.4 Å². The fraction of sp³-hybridized carbons (Fsp3) is 0.455. The third kappa shape index (κ3) is 3.64. The molecule has 0 aromatic heterocycles. The predicted molar refractivity (Wildman–Crippen MR) is 105 cm³/mol. The average Bonchev–Trinajstić information content (AvgIpc) is 2.53. The normalized spacial score (nSPS) is 17.5. The standard InChI is InChI=1S/C22H28OS/c1-15(2)11-17-12-18(22(3,4)5)13-19-20(17)23-14-24-21(19)16-9-7-6-8-10-16/h6-10,12-13,15,21H,11,14H2,1-5H3. The van der Waals surface area contributed by atoms with E-state index in [0.29, 0.717) is 11.2 Å². The maximum absolute atomic E-state index is 6.14. The Morgan fingerprint density at radius 3 is 2.46 bits per heavy atom. The molecule has 0 radical (unpaired) electrons. The van der Waals surface area contributed by atoms with Gasteiger partial charge in [0.2, 0.25) is 0 Å². The van der Waals surface area contributed by atoms with Crippen LogP contribution in [-0.4, -0.2) is 5.94 Å². The molecule has 1 aliphatic heterocycles. The van der Waals surface area contributed by atoms with Gasteiger partial charge in [-0.1, -0.05) is 77.1 Å². The molecule has 0 N–H and O–H groups in total. The van der Waals surface area contributed by atoms with Crippen molar-refractivity contribution in [3.8, 4) is 5.75 Å². The van der Waals surface area contributed by atoms with Crippen molar-refractivity contribution >= 4 is 11.8 Å². The highest BCUT2D eigenvalue weighted by Crippen LogP contribution is 2.47. The zero-order chi connectivity index (χ0) is 17.3. The molecule has 1 aliphatic rings. The van der Waals surface area contributed by atoms with Gasteiger partial charge in [0, 0.05) is 5.56 Å². The highest BCUT2D eigenvalue weighted by Gasteiger charge is 2.28. The van der Waals surface area contributed by atoms with E-state index in [9.17, 15) is 0 Å². The predicted octanol–water partition coefficient (Wildman–Crippen LogP) is 6.36. The van der Waals surface area contributed by atoms with Crippen molar-refractivity contribution in [1.82, 2.24) is 0 Å². The van der Waals surface area contributed by atoms with Gasteiger partial charge in [0.05, 0.1) is 5.25 Å². The molecule has 1 atom stereocenters. The highest BCUT2D eigenvalue weighted by atomic mass is 32.2. The number of hydrogen-bond donors (Lipinski definition) is 0. The van der Waals surface area contributed by atoms with Crippen molar-refractivity contribution in [3.63, 3.8) is 0 Å². The summed E-state index contributed by atoms with van der Waals surface area (Å²) in [6.07, 6.45) is 1.07. The lowest BCUT2D eigenvalue weighted by molar-refractivity contribution is 0.374. The van der Waals surface area contributed by atoms with Crippen LogP contribution in [0.5, 0.6) is 5.75 Å². The summed E-state index contributed by atoms with van der Waals surface area (Å²) in [4.78, 5) is 0. The molecule has 0 fully saturated rings. The van der Waals surface area contributed by atoms with Gasteiger partial charge >= 0.3 is 0 Å². The average molecular weight is 341 g/mol. The van der Waals surface area contributed by atoms with E-state index in [1.807, 2.05) is 11.8 Å². The maximum atomic E-state index is 6.14. The first-order chi connectivity index (χ1) is 11.4. The van der Waals surface area contributed by atoms with Crippen LogP contribution in [-0.2, 0) is 11.8 Å². The Bertz CT molecular complexity index is 698. The number of hydrogen-bond acceptors (Lipinski definition) is 2. The number of thioether (sulfide) groups is 1. The molecule has 24 heavy (non-hydrogen) atoms. The summed E-state index contributed by atoms with van der Waals surface area (Å²) >= 11 is 1.88. The summed E-state index contributed by atoms with van der Waals surface area (Å²) in [5.74, 6) is 2.48. The van der Waals surface area contributed by atoms with Gasteiger partial charge in [0.1, 0.15) is 11.7 Å². The molecule has 2 heteroatoms. The first kappa shape index (κ1) is 17.4. The van der Waals surface area contributed by atoms with Crippen LogP contribution in [0.25, 0.3) is 0 Å². The second kappa shape index (κ2) is 6.84. The molecule has 0 saturated heterocycles. The molecule has 2 aromatic carbocycles. The smallest absolute Gasteiger partial charge is 0.135 e. The minimum absolute atomic E-state index is 0.143. The first-order valence-electron chi connectivity index (χ1n) is 8.83. The summed E-state index contributed by atoms with van der Waals surface area (Å²) < 4.78 is 6.14. The van der Waals surface area contributed by atoms with Crippen molar-refractivity contribution in [2.75, 3.05) is 5.94 Å². The molecular formula is C22H28OS. The van der Waals surface area contributed by atoms with E-state index in [1.54, 1.807) is 0 Å². The van der Waals surface area contributed by atoms with Gasteiger partial charge in [-0.3, -0.25) is 0 Å². The van der Waals surface area contributed by atoms with Gasteiger partial charge in [-0.25, -0.2) is 0 Å². The van der Waals surface area contributed by atoms with E-state index in [1.165, 1.54) is 22.3 Å². The molecule has 1 nitrogen and oxygen atoms in total. The minimum Gasteiger partial charge on any atom is -0.482 e. The van der Waals surface area contributed by atoms with Gasteiger partial charge in [-0.15, -0.1) is 11.8 Å². The highest BCUT2D eigenvalue weighted by molar-refractivity contribution is 7.99. The van der Waals surface area contributed by atoms with Crippen molar-refractivity contribution in [2.24, 2.45) is 5.92 Å². The number of ether oxygens (including phenoxy) is 1. The van der Waals surface area contributed by atoms with Crippen molar-refractivity contribution in [3.05, 3.63) is 64.7 Å². The largest absolute Gasteiger partial charge is 0.482 e. The first-order valence-corrected chi connectivity index (χ1v) is 9.88. The maximum Gasteiger partial charge on any atom is 0.135 e. The summed E-state index contributed by atoms with van der Waals surface area (Å²) in [5, 5.41) is 0.364. The zero-order valence-corrected chi connectivity index (χ0v) is 16.2. The molecule has 3 rings (SSSR count). The van der Waals surface area contributed by atoms with Crippen molar-refractivity contribution in [1.29, 1.82) is 0 Å². The molecule has 0 bridgehead atoms. The third-order valence-corrected chi connectivity index (χ3v) is 5.62. The molecule has 1 heterocycles. The van der Waals surface area contributed by atoms with Crippen molar-refractivity contribution < 1.29 is 4.74 Å². The SMILES string of the molecule is CC(C)Cc1cc(C(C)(C)C)cc2c1OCSC2c1ccccc1. The molecule has 128 valence electrons. The second-order valence-corrected chi connectivity index (χ2v) is 9.16. The summed E-state index contributed by atoms with van der Waals surface area (Å²) in [6, 6.07) is 15.6. The lowest BCUT2D eigenvalue weighted by Gasteiger charge is -2.31. The van der Waals surface area contributed by atoms with Gasteiger partial charge in [0.15, 0.2) is 0 Å². The van der Waals surface area contributed by atoms with Gasteiger partial charge in [0.25, 0.3) is 0 Å². The van der Waals surface area contributed by atoms with Gasteiger partial charge in [-0.2, -0.15) is 0 Å². The Hall–Kier alpha value is -1.41. The summed E-state index contributed by atoms with van der Waals surface area (Å²) in [6.45, 7) is 11.4. The van der Waals surface area contributed by atoms with Crippen LogP contribution < -0.4 is 4.74 Å². The third-order valence-electron chi connectivity index (χ3n) is 4.51. The molecule has 2 aromatic rings. The van der Waals surface area contributed by atoms with E-state index < -0.39 is 0 Å². The quantitative estimate of drug-likeness (QED) is 0.643. The molecule has 0 aliphatic carbocycles. The van der Waals surface area contributed by atoms with Gasteiger partial charge < -0.3 is 4.74 Å². The van der Waals surface area contributed by atoms with Crippen LogP contribution in [0.2, 0.25) is 0 Å². The second-order valence-electron chi connectivity index (χ2n) is 8.12. The molecule has 1 unspecified atom stereocenters. The Kier molecular flexibility index (Phi) is 4.96. The van der Waals surface area contributed by atoms with E-state index in [4.69, 9.17) is 4.74 Å². The van der Waals surface area contributed by atoms with Crippen LogP contribution in [0.4, 0.5) is 0 Å². The lowest BCUT2D eigenvalue weighted by Crippen LogP contribution is -2.17. The minimum atomic E-state index is 0.143. The van der Waals surface area contributed by atoms with E-state index in [0.717, 1.165) is 18.1 Å². The summed E-state index contributed by atoms with van der Waals surface area (Å²) in [5.41, 5.74) is 5.64. The molecule has 0 amide bonds. The Morgan fingerprint density at radius 1 is 1.12 bits per heavy atom.